The van der Waals surface area contributed by atoms with E-state index in [-0.39, 0.29) is 11.4 Å². The molecule has 0 aliphatic heterocycles. The molecule has 5 heteroatoms. The second kappa shape index (κ2) is 7.38. The molecular formula is C16H27NO3S. The van der Waals surface area contributed by atoms with Crippen LogP contribution < -0.4 is 4.72 Å². The number of hydrogen-bond donors (Lipinski definition) is 2. The first kappa shape index (κ1) is 18.1. The van der Waals surface area contributed by atoms with E-state index in [1.54, 1.807) is 12.1 Å². The zero-order valence-corrected chi connectivity index (χ0v) is 14.2. The van der Waals surface area contributed by atoms with E-state index in [9.17, 15) is 13.5 Å². The molecule has 21 heavy (non-hydrogen) atoms. The lowest BCUT2D eigenvalue weighted by Gasteiger charge is -2.25. The summed E-state index contributed by atoms with van der Waals surface area (Å²) >= 11 is 0. The Morgan fingerprint density at radius 3 is 2.10 bits per heavy atom. The van der Waals surface area contributed by atoms with Crippen LogP contribution in [0.2, 0.25) is 0 Å². The second-order valence-electron chi connectivity index (χ2n) is 6.00. The molecule has 0 unspecified atom stereocenters. The third-order valence-corrected chi connectivity index (χ3v) is 5.20. The van der Waals surface area contributed by atoms with Gasteiger partial charge in [-0.2, -0.15) is 0 Å². The van der Waals surface area contributed by atoms with Gasteiger partial charge in [0, 0.05) is 6.54 Å². The van der Waals surface area contributed by atoms with Crippen molar-refractivity contribution < 1.29 is 13.5 Å². The van der Waals surface area contributed by atoms with E-state index in [1.165, 1.54) is 0 Å². The van der Waals surface area contributed by atoms with Crippen molar-refractivity contribution in [3.05, 3.63) is 29.8 Å². The van der Waals surface area contributed by atoms with Crippen LogP contribution in [0, 0.1) is 5.92 Å². The van der Waals surface area contributed by atoms with Gasteiger partial charge in [0.05, 0.1) is 10.5 Å². The zero-order valence-electron chi connectivity index (χ0n) is 13.4. The van der Waals surface area contributed by atoms with Crippen molar-refractivity contribution in [2.75, 3.05) is 6.54 Å². The summed E-state index contributed by atoms with van der Waals surface area (Å²) < 4.78 is 26.9. The van der Waals surface area contributed by atoms with Gasteiger partial charge in [-0.1, -0.05) is 39.8 Å². The molecule has 0 amide bonds. The van der Waals surface area contributed by atoms with Crippen LogP contribution in [0.3, 0.4) is 0 Å². The third kappa shape index (κ3) is 5.41. The largest absolute Gasteiger partial charge is 0.389 e. The van der Waals surface area contributed by atoms with Crippen molar-refractivity contribution in [2.45, 2.75) is 57.5 Å². The van der Waals surface area contributed by atoms with Crippen LogP contribution in [-0.4, -0.2) is 25.7 Å². The van der Waals surface area contributed by atoms with E-state index >= 15 is 0 Å². The van der Waals surface area contributed by atoms with Crippen molar-refractivity contribution in [3.8, 4) is 0 Å². The summed E-state index contributed by atoms with van der Waals surface area (Å²) in [7, 11) is -3.57. The van der Waals surface area contributed by atoms with Gasteiger partial charge >= 0.3 is 0 Å². The van der Waals surface area contributed by atoms with Gasteiger partial charge < -0.3 is 5.11 Å². The van der Waals surface area contributed by atoms with Crippen molar-refractivity contribution >= 4 is 10.0 Å². The fraction of sp³-hybridized carbons (Fsp3) is 0.625. The summed E-state index contributed by atoms with van der Waals surface area (Å²) in [6.07, 6.45) is 1.96. The Bertz CT molecular complexity index is 531. The molecule has 0 bridgehead atoms. The highest BCUT2D eigenvalue weighted by atomic mass is 32.2. The molecule has 0 aromatic heterocycles. The molecule has 120 valence electrons. The number of hydrogen-bond acceptors (Lipinski definition) is 3. The first-order valence-corrected chi connectivity index (χ1v) is 9.01. The quantitative estimate of drug-likeness (QED) is 0.775. The number of nitrogens with one attached hydrogen (secondary N) is 1. The number of benzene rings is 1. The van der Waals surface area contributed by atoms with Gasteiger partial charge in [0.2, 0.25) is 10.0 Å². The van der Waals surface area contributed by atoms with Crippen molar-refractivity contribution in [1.82, 2.24) is 4.72 Å². The van der Waals surface area contributed by atoms with Gasteiger partial charge in [-0.3, -0.25) is 0 Å². The smallest absolute Gasteiger partial charge is 0.240 e. The van der Waals surface area contributed by atoms with Crippen LogP contribution in [0.5, 0.6) is 0 Å². The number of sulfonamides is 1. The van der Waals surface area contributed by atoms with Crippen LogP contribution in [-0.2, 0) is 16.4 Å². The minimum atomic E-state index is -3.57. The van der Waals surface area contributed by atoms with Crippen LogP contribution in [0.1, 0.15) is 46.1 Å². The highest BCUT2D eigenvalue weighted by Crippen LogP contribution is 2.16. The maximum absolute atomic E-state index is 12.2. The lowest BCUT2D eigenvalue weighted by Crippen LogP contribution is -2.41. The van der Waals surface area contributed by atoms with E-state index < -0.39 is 15.6 Å². The summed E-state index contributed by atoms with van der Waals surface area (Å²) in [6.45, 7) is 7.98. The molecule has 0 aliphatic carbocycles. The Morgan fingerprint density at radius 2 is 1.67 bits per heavy atom. The predicted octanol–water partition coefficient (Wildman–Crippen LogP) is 2.71. The molecule has 0 aliphatic rings. The molecule has 1 aromatic carbocycles. The standard InChI is InChI=1S/C16H27NO3S/c1-5-16(18,6-2)12-17-21(19,20)15-9-7-14(8-10-15)11-13(3)4/h7-10,13,17-18H,5-6,11-12H2,1-4H3. The molecule has 0 heterocycles. The Labute approximate surface area is 128 Å². The summed E-state index contributed by atoms with van der Waals surface area (Å²) in [5, 5.41) is 10.2. The van der Waals surface area contributed by atoms with Gasteiger partial charge in [0.25, 0.3) is 0 Å². The molecule has 1 rings (SSSR count). The van der Waals surface area contributed by atoms with Gasteiger partial charge in [-0.15, -0.1) is 0 Å². The average Bonchev–Trinajstić information content (AvgIpc) is 2.45. The van der Waals surface area contributed by atoms with Gasteiger partial charge in [0.15, 0.2) is 0 Å². The van der Waals surface area contributed by atoms with E-state index in [0.717, 1.165) is 12.0 Å². The highest BCUT2D eigenvalue weighted by Gasteiger charge is 2.25. The summed E-state index contributed by atoms with van der Waals surface area (Å²) in [5.41, 5.74) is 0.146. The summed E-state index contributed by atoms with van der Waals surface area (Å²) in [6, 6.07) is 6.94. The third-order valence-electron chi connectivity index (χ3n) is 3.79. The average molecular weight is 313 g/mol. The minimum Gasteiger partial charge on any atom is -0.389 e. The lowest BCUT2D eigenvalue weighted by atomic mass is 9.98. The molecule has 0 saturated heterocycles. The fourth-order valence-corrected chi connectivity index (χ4v) is 3.21. The first-order valence-electron chi connectivity index (χ1n) is 7.53. The fourth-order valence-electron chi connectivity index (χ4n) is 2.09. The molecule has 0 spiro atoms. The molecule has 4 nitrogen and oxygen atoms in total. The van der Waals surface area contributed by atoms with Crippen LogP contribution in [0.4, 0.5) is 0 Å². The molecule has 2 N–H and O–H groups in total. The second-order valence-corrected chi connectivity index (χ2v) is 7.76. The van der Waals surface area contributed by atoms with Crippen molar-refractivity contribution in [2.24, 2.45) is 5.92 Å². The van der Waals surface area contributed by atoms with Gasteiger partial charge in [-0.05, 0) is 42.9 Å². The summed E-state index contributed by atoms with van der Waals surface area (Å²) in [5.74, 6) is 0.537. The van der Waals surface area contributed by atoms with Gasteiger partial charge in [0.1, 0.15) is 0 Å². The Hall–Kier alpha value is -0.910. The van der Waals surface area contributed by atoms with Crippen LogP contribution in [0.25, 0.3) is 0 Å². The summed E-state index contributed by atoms with van der Waals surface area (Å²) in [4.78, 5) is 0.240. The molecule has 0 saturated carbocycles. The lowest BCUT2D eigenvalue weighted by molar-refractivity contribution is 0.0377. The minimum absolute atomic E-state index is 0.0378. The Morgan fingerprint density at radius 1 is 1.14 bits per heavy atom. The van der Waals surface area contributed by atoms with Gasteiger partial charge in [-0.25, -0.2) is 13.1 Å². The van der Waals surface area contributed by atoms with E-state index in [0.29, 0.717) is 18.8 Å². The Kier molecular flexibility index (Phi) is 6.38. The number of aliphatic hydroxyl groups is 1. The zero-order chi connectivity index (χ0) is 16.1. The van der Waals surface area contributed by atoms with Crippen LogP contribution in [0.15, 0.2) is 29.2 Å². The SMILES string of the molecule is CCC(O)(CC)CNS(=O)(=O)c1ccc(CC(C)C)cc1. The highest BCUT2D eigenvalue weighted by molar-refractivity contribution is 7.89. The topological polar surface area (TPSA) is 66.4 Å². The molecular weight excluding hydrogens is 286 g/mol. The normalized spacial score (nSPS) is 12.9. The molecule has 0 atom stereocenters. The maximum Gasteiger partial charge on any atom is 0.240 e. The number of rotatable bonds is 8. The molecule has 1 aromatic rings. The van der Waals surface area contributed by atoms with E-state index in [1.807, 2.05) is 26.0 Å². The van der Waals surface area contributed by atoms with Crippen molar-refractivity contribution in [3.63, 3.8) is 0 Å². The van der Waals surface area contributed by atoms with Crippen molar-refractivity contribution in [1.29, 1.82) is 0 Å². The maximum atomic E-state index is 12.2. The Balaban J connectivity index is 2.79. The first-order chi connectivity index (χ1) is 9.72. The monoisotopic (exact) mass is 313 g/mol. The predicted molar refractivity (Wildman–Crippen MR) is 85.7 cm³/mol. The van der Waals surface area contributed by atoms with E-state index in [2.05, 4.69) is 18.6 Å². The molecule has 0 radical (unpaired) electrons. The molecule has 0 fully saturated rings. The van der Waals surface area contributed by atoms with E-state index in [4.69, 9.17) is 0 Å². The van der Waals surface area contributed by atoms with Crippen LogP contribution >= 0.6 is 0 Å².